The molecule has 6 heterocycles. The summed E-state index contributed by atoms with van der Waals surface area (Å²) in [6, 6.07) is 5.77. The van der Waals surface area contributed by atoms with Gasteiger partial charge in [-0.2, -0.15) is 0 Å². The minimum absolute atomic E-state index is 0.328. The highest BCUT2D eigenvalue weighted by Gasteiger charge is 2.29. The van der Waals surface area contributed by atoms with Gasteiger partial charge in [-0.15, -0.1) is 0 Å². The van der Waals surface area contributed by atoms with E-state index in [9.17, 15) is 0 Å². The Morgan fingerprint density at radius 3 is 2.42 bits per heavy atom. The fraction of sp³-hybridized carbons (Fsp3) is 0.552. The van der Waals surface area contributed by atoms with E-state index in [2.05, 4.69) is 31.2 Å². The Bertz CT molecular complexity index is 1480. The third-order valence-corrected chi connectivity index (χ3v) is 8.67. The lowest BCUT2D eigenvalue weighted by atomic mass is 10.0. The number of aromatic nitrogens is 5. The van der Waals surface area contributed by atoms with Gasteiger partial charge in [-0.05, 0) is 38.0 Å². The summed E-state index contributed by atoms with van der Waals surface area (Å²) in [6.07, 6.45) is 4.15. The summed E-state index contributed by atoms with van der Waals surface area (Å²) in [7, 11) is 0. The van der Waals surface area contributed by atoms with Gasteiger partial charge in [0.1, 0.15) is 11.6 Å². The monoisotopic (exact) mass is 548 g/mol. The lowest BCUT2D eigenvalue weighted by Gasteiger charge is -2.40. The van der Waals surface area contributed by atoms with Crippen LogP contribution < -0.4 is 4.90 Å². The second kappa shape index (κ2) is 11.0. The molecule has 11 heteroatoms. The van der Waals surface area contributed by atoms with Gasteiger partial charge in [0.25, 0.3) is 0 Å². The highest BCUT2D eigenvalue weighted by molar-refractivity contribution is 5.95. The SMILES string of the molecule is CCn1c(CN2CCC(N3CCOCC3)CC2)nc2c(N3CCOCC3)nc(-c3c(F)ccc4[nH]ccc34)nc21. The smallest absolute Gasteiger partial charge is 0.167 e. The number of H-pyrrole nitrogens is 1. The number of aromatic amines is 1. The maximum Gasteiger partial charge on any atom is 0.167 e. The van der Waals surface area contributed by atoms with E-state index in [1.54, 1.807) is 6.07 Å². The summed E-state index contributed by atoms with van der Waals surface area (Å²) >= 11 is 0. The van der Waals surface area contributed by atoms with Gasteiger partial charge in [-0.25, -0.2) is 19.3 Å². The standard InChI is InChI=1S/C29H37FN8O2/c1-2-38-24(19-35-9-6-20(7-10-35)36-11-15-39-16-12-36)32-26-28(37-13-17-40-18-14-37)33-27(34-29(26)38)25-21-5-8-31-23(21)4-3-22(25)30/h3-5,8,20,31H,2,6-7,9-19H2,1H3. The van der Waals surface area contributed by atoms with E-state index in [0.717, 1.165) is 99.0 Å². The molecule has 3 aromatic heterocycles. The number of morpholine rings is 2. The van der Waals surface area contributed by atoms with Gasteiger partial charge >= 0.3 is 0 Å². The Morgan fingerprint density at radius 2 is 1.68 bits per heavy atom. The predicted octanol–water partition coefficient (Wildman–Crippen LogP) is 3.27. The van der Waals surface area contributed by atoms with Crippen molar-refractivity contribution in [3.8, 4) is 11.4 Å². The van der Waals surface area contributed by atoms with E-state index in [0.29, 0.717) is 43.7 Å². The van der Waals surface area contributed by atoms with Crippen molar-refractivity contribution in [2.24, 2.45) is 0 Å². The number of halogens is 1. The van der Waals surface area contributed by atoms with Crippen molar-refractivity contribution in [2.45, 2.75) is 38.9 Å². The predicted molar refractivity (Wildman–Crippen MR) is 152 cm³/mol. The maximum absolute atomic E-state index is 15.4. The maximum atomic E-state index is 15.4. The molecular weight excluding hydrogens is 511 g/mol. The largest absolute Gasteiger partial charge is 0.379 e. The fourth-order valence-corrected chi connectivity index (χ4v) is 6.51. The Balaban J connectivity index is 1.25. The van der Waals surface area contributed by atoms with Crippen LogP contribution in [0.15, 0.2) is 24.4 Å². The van der Waals surface area contributed by atoms with Crippen LogP contribution in [0.5, 0.6) is 0 Å². The molecule has 0 radical (unpaired) electrons. The quantitative estimate of drug-likeness (QED) is 0.393. The van der Waals surface area contributed by atoms with Gasteiger partial charge < -0.3 is 23.9 Å². The molecule has 0 unspecified atom stereocenters. The average molecular weight is 549 g/mol. The van der Waals surface area contributed by atoms with Crippen LogP contribution in [-0.2, 0) is 22.6 Å². The Kier molecular flexibility index (Phi) is 7.13. The first-order valence-electron chi connectivity index (χ1n) is 14.6. The van der Waals surface area contributed by atoms with Crippen molar-refractivity contribution >= 4 is 27.9 Å². The van der Waals surface area contributed by atoms with Crippen molar-refractivity contribution < 1.29 is 13.9 Å². The number of benzene rings is 1. The van der Waals surface area contributed by atoms with E-state index in [-0.39, 0.29) is 5.82 Å². The van der Waals surface area contributed by atoms with Crippen LogP contribution in [0, 0.1) is 5.82 Å². The number of imidazole rings is 1. The second-order valence-electron chi connectivity index (χ2n) is 10.9. The van der Waals surface area contributed by atoms with E-state index >= 15 is 4.39 Å². The minimum atomic E-state index is -0.328. The second-order valence-corrected chi connectivity index (χ2v) is 10.9. The summed E-state index contributed by atoms with van der Waals surface area (Å²) in [6.45, 7) is 12.2. The molecule has 0 aliphatic carbocycles. The van der Waals surface area contributed by atoms with Crippen molar-refractivity contribution in [3.63, 3.8) is 0 Å². The zero-order valence-corrected chi connectivity index (χ0v) is 23.1. The fourth-order valence-electron chi connectivity index (χ4n) is 6.51. The topological polar surface area (TPSA) is 87.6 Å². The molecule has 0 atom stereocenters. The number of hydrogen-bond donors (Lipinski definition) is 1. The summed E-state index contributed by atoms with van der Waals surface area (Å²) in [5.74, 6) is 1.81. The van der Waals surface area contributed by atoms with Gasteiger partial charge in [0.05, 0.1) is 38.5 Å². The molecule has 0 bridgehead atoms. The van der Waals surface area contributed by atoms with Gasteiger partial charge in [-0.3, -0.25) is 9.80 Å². The molecule has 40 heavy (non-hydrogen) atoms. The van der Waals surface area contributed by atoms with Crippen LogP contribution in [-0.4, -0.2) is 106 Å². The number of piperidine rings is 1. The summed E-state index contributed by atoms with van der Waals surface area (Å²) in [5.41, 5.74) is 2.83. The average Bonchev–Trinajstić information content (AvgIpc) is 3.62. The number of anilines is 1. The van der Waals surface area contributed by atoms with Gasteiger partial charge in [0.2, 0.25) is 0 Å². The Hall–Kier alpha value is -3.12. The molecule has 212 valence electrons. The molecule has 3 fully saturated rings. The molecular formula is C29H37FN8O2. The molecule has 3 aliphatic rings. The number of likely N-dealkylation sites (tertiary alicyclic amines) is 1. The first-order chi connectivity index (χ1) is 19.7. The van der Waals surface area contributed by atoms with Gasteiger partial charge in [0.15, 0.2) is 22.8 Å². The van der Waals surface area contributed by atoms with Crippen molar-refractivity contribution in [1.29, 1.82) is 0 Å². The van der Waals surface area contributed by atoms with Crippen LogP contribution >= 0.6 is 0 Å². The van der Waals surface area contributed by atoms with Crippen LogP contribution in [0.3, 0.4) is 0 Å². The summed E-state index contributed by atoms with van der Waals surface area (Å²) < 4.78 is 28.7. The lowest BCUT2D eigenvalue weighted by molar-refractivity contribution is -0.0000296. The Morgan fingerprint density at radius 1 is 0.925 bits per heavy atom. The van der Waals surface area contributed by atoms with Crippen LogP contribution in [0.4, 0.5) is 10.2 Å². The molecule has 1 aromatic carbocycles. The molecule has 3 saturated heterocycles. The summed E-state index contributed by atoms with van der Waals surface area (Å²) in [5, 5.41) is 0.776. The van der Waals surface area contributed by atoms with Crippen molar-refractivity contribution in [3.05, 3.63) is 36.0 Å². The van der Waals surface area contributed by atoms with Crippen molar-refractivity contribution in [2.75, 3.05) is 70.6 Å². The molecule has 0 amide bonds. The first-order valence-corrected chi connectivity index (χ1v) is 14.6. The minimum Gasteiger partial charge on any atom is -0.379 e. The number of ether oxygens (including phenoxy) is 2. The highest BCUT2D eigenvalue weighted by Crippen LogP contribution is 2.34. The molecule has 4 aromatic rings. The molecule has 3 aliphatic heterocycles. The van der Waals surface area contributed by atoms with Gasteiger partial charge in [-0.1, -0.05) is 0 Å². The third kappa shape index (κ3) is 4.74. The molecule has 1 N–H and O–H groups in total. The van der Waals surface area contributed by atoms with Gasteiger partial charge in [0, 0.05) is 69.0 Å². The Labute approximate surface area is 233 Å². The highest BCUT2D eigenvalue weighted by atomic mass is 19.1. The summed E-state index contributed by atoms with van der Waals surface area (Å²) in [4.78, 5) is 25.6. The van der Waals surface area contributed by atoms with Crippen molar-refractivity contribution in [1.82, 2.24) is 34.3 Å². The number of nitrogens with one attached hydrogen (secondary N) is 1. The zero-order chi connectivity index (χ0) is 27.1. The molecule has 0 saturated carbocycles. The number of nitrogens with zero attached hydrogens (tertiary/aromatic N) is 7. The molecule has 10 nitrogen and oxygen atoms in total. The van der Waals surface area contributed by atoms with E-state index in [1.807, 2.05) is 12.3 Å². The lowest BCUT2D eigenvalue weighted by Crippen LogP contribution is -2.48. The number of aryl methyl sites for hydroxylation is 1. The van der Waals surface area contributed by atoms with Crippen LogP contribution in [0.25, 0.3) is 33.5 Å². The molecule has 7 rings (SSSR count). The van der Waals surface area contributed by atoms with E-state index in [4.69, 9.17) is 24.4 Å². The van der Waals surface area contributed by atoms with E-state index < -0.39 is 0 Å². The molecule has 0 spiro atoms. The number of fused-ring (bicyclic) bond motifs is 2. The normalized spacial score (nSPS) is 20.2. The van der Waals surface area contributed by atoms with E-state index in [1.165, 1.54) is 6.07 Å². The first kappa shape index (κ1) is 25.8. The third-order valence-electron chi connectivity index (χ3n) is 8.67. The zero-order valence-electron chi connectivity index (χ0n) is 23.1. The number of rotatable bonds is 6. The van der Waals surface area contributed by atoms with Crippen LogP contribution in [0.2, 0.25) is 0 Å². The van der Waals surface area contributed by atoms with Crippen LogP contribution in [0.1, 0.15) is 25.6 Å². The number of hydrogen-bond acceptors (Lipinski definition) is 8.